The lowest BCUT2D eigenvalue weighted by Crippen LogP contribution is -2.33. The Balaban J connectivity index is 1.59. The number of rotatable bonds is 4. The second kappa shape index (κ2) is 7.41. The van der Waals surface area contributed by atoms with E-state index >= 15 is 0 Å². The van der Waals surface area contributed by atoms with Crippen LogP contribution in [0.5, 0.6) is 17.2 Å². The molecule has 0 bridgehead atoms. The zero-order valence-electron chi connectivity index (χ0n) is 17.3. The van der Waals surface area contributed by atoms with Gasteiger partial charge in [0.05, 0.1) is 26.0 Å². The molecular weight excluding hydrogens is 376 g/mol. The van der Waals surface area contributed by atoms with Crippen LogP contribution in [-0.2, 0) is 0 Å². The van der Waals surface area contributed by atoms with Gasteiger partial charge in [-0.15, -0.1) is 0 Å². The minimum absolute atomic E-state index is 0.0901. The minimum Gasteiger partial charge on any atom is -0.497 e. The fourth-order valence-electron chi connectivity index (χ4n) is 4.15. The summed E-state index contributed by atoms with van der Waals surface area (Å²) in [6, 6.07) is 22.6. The van der Waals surface area contributed by atoms with Crippen LogP contribution >= 0.6 is 0 Å². The second-order valence-electron chi connectivity index (χ2n) is 7.63. The van der Waals surface area contributed by atoms with Crippen LogP contribution < -0.4 is 14.2 Å². The Bertz CT molecular complexity index is 1090. The molecule has 0 aliphatic carbocycles. The fourth-order valence-corrected chi connectivity index (χ4v) is 4.15. The van der Waals surface area contributed by atoms with Crippen molar-refractivity contribution >= 4 is 5.71 Å². The molecule has 0 saturated heterocycles. The number of hydrazone groups is 1. The third kappa shape index (κ3) is 3.07. The quantitative estimate of drug-likeness (QED) is 0.600. The molecule has 5 rings (SSSR count). The molecule has 2 atom stereocenters. The van der Waals surface area contributed by atoms with Gasteiger partial charge in [-0.2, -0.15) is 5.10 Å². The molecule has 30 heavy (non-hydrogen) atoms. The Morgan fingerprint density at radius 1 is 0.933 bits per heavy atom. The first-order chi connectivity index (χ1) is 14.7. The first-order valence-electron chi connectivity index (χ1n) is 10.1. The smallest absolute Gasteiger partial charge is 0.214 e. The van der Waals surface area contributed by atoms with Crippen molar-refractivity contribution in [2.45, 2.75) is 25.6 Å². The van der Waals surface area contributed by atoms with Crippen LogP contribution in [0.15, 0.2) is 71.8 Å². The van der Waals surface area contributed by atoms with Crippen molar-refractivity contribution in [2.75, 3.05) is 14.2 Å². The van der Waals surface area contributed by atoms with E-state index in [1.807, 2.05) is 24.3 Å². The number of benzene rings is 3. The molecule has 0 radical (unpaired) electrons. The third-order valence-electron chi connectivity index (χ3n) is 5.79. The molecule has 0 fully saturated rings. The lowest BCUT2D eigenvalue weighted by Gasteiger charge is -2.38. The summed E-state index contributed by atoms with van der Waals surface area (Å²) in [5, 5.41) is 7.10. The van der Waals surface area contributed by atoms with Crippen LogP contribution in [0.1, 0.15) is 40.9 Å². The highest BCUT2D eigenvalue weighted by Crippen LogP contribution is 2.50. The molecule has 0 spiro atoms. The van der Waals surface area contributed by atoms with Crippen molar-refractivity contribution in [3.63, 3.8) is 0 Å². The first-order valence-corrected chi connectivity index (χ1v) is 10.1. The Labute approximate surface area is 176 Å². The molecule has 2 unspecified atom stereocenters. The summed E-state index contributed by atoms with van der Waals surface area (Å²) in [6.07, 6.45) is 0.494. The molecule has 0 aromatic heterocycles. The lowest BCUT2D eigenvalue weighted by molar-refractivity contribution is -0.0209. The number of hydrogen-bond acceptors (Lipinski definition) is 5. The fraction of sp³-hybridized carbons (Fsp3) is 0.240. The Morgan fingerprint density at radius 3 is 2.40 bits per heavy atom. The number of nitrogens with zero attached hydrogens (tertiary/aromatic N) is 2. The van der Waals surface area contributed by atoms with Gasteiger partial charge in [0.1, 0.15) is 5.75 Å². The summed E-state index contributed by atoms with van der Waals surface area (Å²) in [5.74, 6) is 2.39. The summed E-state index contributed by atoms with van der Waals surface area (Å²) < 4.78 is 17.4. The maximum Gasteiger partial charge on any atom is 0.214 e. The van der Waals surface area contributed by atoms with Gasteiger partial charge in [-0.25, -0.2) is 5.01 Å². The zero-order chi connectivity index (χ0) is 20.7. The number of fused-ring (bicyclic) bond motifs is 3. The van der Waals surface area contributed by atoms with Crippen molar-refractivity contribution < 1.29 is 14.2 Å². The van der Waals surface area contributed by atoms with Crippen molar-refractivity contribution in [1.82, 2.24) is 5.01 Å². The lowest BCUT2D eigenvalue weighted by atomic mass is 9.95. The summed E-state index contributed by atoms with van der Waals surface area (Å²) in [5.41, 5.74) is 5.52. The standard InChI is InChI=1S/C25H24N2O3/c1-16-7-9-18(10-8-16)25-27-22(20-5-4-6-23(29-3)24(20)30-25)15-21(26-27)17-11-13-19(28-2)14-12-17/h4-14,22,25H,15H2,1-3H3. The Hall–Kier alpha value is -3.47. The van der Waals surface area contributed by atoms with Gasteiger partial charge in [0, 0.05) is 17.5 Å². The highest BCUT2D eigenvalue weighted by Gasteiger charge is 2.42. The van der Waals surface area contributed by atoms with Crippen molar-refractivity contribution in [2.24, 2.45) is 5.10 Å². The molecule has 3 aromatic rings. The van der Waals surface area contributed by atoms with Gasteiger partial charge in [-0.3, -0.25) is 0 Å². The van der Waals surface area contributed by atoms with E-state index in [0.717, 1.165) is 46.1 Å². The molecule has 152 valence electrons. The number of methoxy groups -OCH3 is 2. The number of aryl methyl sites for hydroxylation is 1. The van der Waals surface area contributed by atoms with Crippen molar-refractivity contribution in [3.05, 3.63) is 89.0 Å². The van der Waals surface area contributed by atoms with Gasteiger partial charge in [0.2, 0.25) is 6.23 Å². The van der Waals surface area contributed by atoms with Gasteiger partial charge in [-0.05, 0) is 42.8 Å². The van der Waals surface area contributed by atoms with E-state index in [1.165, 1.54) is 5.56 Å². The molecule has 0 saturated carbocycles. The van der Waals surface area contributed by atoms with Crippen LogP contribution in [-0.4, -0.2) is 24.9 Å². The van der Waals surface area contributed by atoms with Crippen molar-refractivity contribution in [1.29, 1.82) is 0 Å². The van der Waals surface area contributed by atoms with E-state index in [9.17, 15) is 0 Å². The average Bonchev–Trinajstić information content (AvgIpc) is 3.24. The largest absolute Gasteiger partial charge is 0.497 e. The van der Waals surface area contributed by atoms with Gasteiger partial charge < -0.3 is 14.2 Å². The predicted octanol–water partition coefficient (Wildman–Crippen LogP) is 5.25. The summed E-state index contributed by atoms with van der Waals surface area (Å²) >= 11 is 0. The van der Waals surface area contributed by atoms with Crippen LogP contribution in [0, 0.1) is 6.92 Å². The van der Waals surface area contributed by atoms with Crippen LogP contribution in [0.4, 0.5) is 0 Å². The normalized spacial score (nSPS) is 19.4. The Kier molecular flexibility index (Phi) is 4.58. The third-order valence-corrected chi connectivity index (χ3v) is 5.79. The predicted molar refractivity (Wildman–Crippen MR) is 116 cm³/mol. The maximum absolute atomic E-state index is 6.49. The van der Waals surface area contributed by atoms with Gasteiger partial charge in [0.25, 0.3) is 0 Å². The summed E-state index contributed by atoms with van der Waals surface area (Å²) in [6.45, 7) is 2.09. The number of para-hydroxylation sites is 1. The molecule has 2 aliphatic rings. The average molecular weight is 400 g/mol. The van der Waals surface area contributed by atoms with Gasteiger partial charge in [0.15, 0.2) is 11.5 Å². The van der Waals surface area contributed by atoms with Gasteiger partial charge >= 0.3 is 0 Å². The van der Waals surface area contributed by atoms with Gasteiger partial charge in [-0.1, -0.05) is 42.0 Å². The highest BCUT2D eigenvalue weighted by molar-refractivity contribution is 6.02. The zero-order valence-corrected chi connectivity index (χ0v) is 17.3. The van der Waals surface area contributed by atoms with E-state index in [1.54, 1.807) is 14.2 Å². The van der Waals surface area contributed by atoms with E-state index < -0.39 is 0 Å². The monoisotopic (exact) mass is 400 g/mol. The molecule has 5 nitrogen and oxygen atoms in total. The van der Waals surface area contributed by atoms with Crippen molar-refractivity contribution in [3.8, 4) is 17.2 Å². The maximum atomic E-state index is 6.49. The molecule has 3 aromatic carbocycles. The molecular formula is C25H24N2O3. The topological polar surface area (TPSA) is 43.3 Å². The highest BCUT2D eigenvalue weighted by atomic mass is 16.5. The minimum atomic E-state index is -0.310. The first kappa shape index (κ1) is 18.6. The SMILES string of the molecule is COc1ccc(C2=NN3C(C2)c2cccc(OC)c2OC3c2ccc(C)cc2)cc1. The Morgan fingerprint density at radius 2 is 1.70 bits per heavy atom. The summed E-state index contributed by atoms with van der Waals surface area (Å²) in [7, 11) is 3.36. The van der Waals surface area contributed by atoms with E-state index in [-0.39, 0.29) is 12.3 Å². The molecule has 0 N–H and O–H groups in total. The van der Waals surface area contributed by atoms with Crippen LogP contribution in [0.25, 0.3) is 0 Å². The van der Waals surface area contributed by atoms with Crippen LogP contribution in [0.2, 0.25) is 0 Å². The molecule has 2 heterocycles. The second-order valence-corrected chi connectivity index (χ2v) is 7.63. The van der Waals surface area contributed by atoms with E-state index in [0.29, 0.717) is 0 Å². The molecule has 0 amide bonds. The van der Waals surface area contributed by atoms with E-state index in [2.05, 4.69) is 54.4 Å². The van der Waals surface area contributed by atoms with E-state index in [4.69, 9.17) is 19.3 Å². The number of ether oxygens (including phenoxy) is 3. The molecule has 2 aliphatic heterocycles. The number of hydrogen-bond donors (Lipinski definition) is 0. The molecule has 5 heteroatoms. The van der Waals surface area contributed by atoms with Crippen LogP contribution in [0.3, 0.4) is 0 Å². The summed E-state index contributed by atoms with van der Waals surface area (Å²) in [4.78, 5) is 0.